The fourth-order valence-electron chi connectivity index (χ4n) is 1.99. The molecule has 1 amide bonds. The van der Waals surface area contributed by atoms with E-state index in [4.69, 9.17) is 16.3 Å². The number of hydrogen-bond donors (Lipinski definition) is 1. The SMILES string of the molecule is O=C(NCc1ccc(Oc2ccc(F)cc2)nc1)c1ccc(Cl)nc1. The predicted octanol–water partition coefficient (Wildman–Crippen LogP) is 3.99. The number of nitrogens with one attached hydrogen (secondary N) is 1. The average Bonchev–Trinajstić information content (AvgIpc) is 2.63. The zero-order chi connectivity index (χ0) is 17.6. The third-order valence-electron chi connectivity index (χ3n) is 3.28. The van der Waals surface area contributed by atoms with Gasteiger partial charge in [-0.1, -0.05) is 17.7 Å². The molecule has 126 valence electrons. The van der Waals surface area contributed by atoms with E-state index in [0.717, 1.165) is 5.56 Å². The molecule has 1 N–H and O–H groups in total. The van der Waals surface area contributed by atoms with Crippen LogP contribution < -0.4 is 10.1 Å². The second kappa shape index (κ2) is 7.72. The van der Waals surface area contributed by atoms with Crippen molar-refractivity contribution >= 4 is 17.5 Å². The zero-order valence-corrected chi connectivity index (χ0v) is 13.7. The van der Waals surface area contributed by atoms with Gasteiger partial charge >= 0.3 is 0 Å². The molecule has 0 saturated heterocycles. The summed E-state index contributed by atoms with van der Waals surface area (Å²) >= 11 is 5.69. The average molecular weight is 358 g/mol. The van der Waals surface area contributed by atoms with E-state index in [-0.39, 0.29) is 11.7 Å². The highest BCUT2D eigenvalue weighted by molar-refractivity contribution is 6.29. The van der Waals surface area contributed by atoms with Crippen LogP contribution in [-0.2, 0) is 6.54 Å². The molecule has 3 aromatic rings. The van der Waals surface area contributed by atoms with Crippen molar-refractivity contribution in [2.45, 2.75) is 6.54 Å². The number of nitrogens with zero attached hydrogens (tertiary/aromatic N) is 2. The quantitative estimate of drug-likeness (QED) is 0.701. The molecule has 7 heteroatoms. The van der Waals surface area contributed by atoms with Gasteiger partial charge in [0.25, 0.3) is 5.91 Å². The van der Waals surface area contributed by atoms with E-state index in [9.17, 15) is 9.18 Å². The highest BCUT2D eigenvalue weighted by atomic mass is 35.5. The molecule has 0 unspecified atom stereocenters. The molecule has 2 heterocycles. The highest BCUT2D eigenvalue weighted by Crippen LogP contribution is 2.19. The van der Waals surface area contributed by atoms with E-state index >= 15 is 0 Å². The summed E-state index contributed by atoms with van der Waals surface area (Å²) in [5.41, 5.74) is 1.23. The van der Waals surface area contributed by atoms with Gasteiger partial charge in [0.1, 0.15) is 16.7 Å². The van der Waals surface area contributed by atoms with E-state index in [1.165, 1.54) is 30.5 Å². The van der Waals surface area contributed by atoms with Gasteiger partial charge in [0, 0.05) is 25.0 Å². The number of ether oxygens (including phenoxy) is 1. The fourth-order valence-corrected chi connectivity index (χ4v) is 2.11. The predicted molar refractivity (Wildman–Crippen MR) is 91.1 cm³/mol. The normalized spacial score (nSPS) is 10.3. The molecular weight excluding hydrogens is 345 g/mol. The lowest BCUT2D eigenvalue weighted by Gasteiger charge is -2.07. The Labute approximate surface area is 148 Å². The van der Waals surface area contributed by atoms with Crippen molar-refractivity contribution in [1.29, 1.82) is 0 Å². The van der Waals surface area contributed by atoms with Crippen LogP contribution in [0.2, 0.25) is 5.15 Å². The monoisotopic (exact) mass is 357 g/mol. The van der Waals surface area contributed by atoms with Gasteiger partial charge in [-0.05, 0) is 42.0 Å². The first-order valence-corrected chi connectivity index (χ1v) is 7.76. The molecule has 0 atom stereocenters. The second-order valence-corrected chi connectivity index (χ2v) is 5.50. The van der Waals surface area contributed by atoms with Crippen LogP contribution in [0.25, 0.3) is 0 Å². The Morgan fingerprint density at radius 1 is 1.04 bits per heavy atom. The zero-order valence-electron chi connectivity index (χ0n) is 12.9. The Bertz CT molecular complexity index is 853. The molecule has 2 aromatic heterocycles. The summed E-state index contributed by atoms with van der Waals surface area (Å²) in [4.78, 5) is 20.0. The lowest BCUT2D eigenvalue weighted by Crippen LogP contribution is -2.22. The maximum Gasteiger partial charge on any atom is 0.253 e. The summed E-state index contributed by atoms with van der Waals surface area (Å²) in [6.07, 6.45) is 3.01. The Morgan fingerprint density at radius 3 is 2.48 bits per heavy atom. The molecule has 0 fully saturated rings. The van der Waals surface area contributed by atoms with Crippen LogP contribution in [0.5, 0.6) is 11.6 Å². The van der Waals surface area contributed by atoms with Crippen molar-refractivity contribution in [3.8, 4) is 11.6 Å². The van der Waals surface area contributed by atoms with E-state index < -0.39 is 0 Å². The van der Waals surface area contributed by atoms with Gasteiger partial charge in [-0.2, -0.15) is 0 Å². The minimum absolute atomic E-state index is 0.254. The first-order valence-electron chi connectivity index (χ1n) is 7.38. The van der Waals surface area contributed by atoms with Crippen molar-refractivity contribution in [2.75, 3.05) is 0 Å². The largest absolute Gasteiger partial charge is 0.439 e. The van der Waals surface area contributed by atoms with Crippen LogP contribution in [0, 0.1) is 5.82 Å². The van der Waals surface area contributed by atoms with Crippen molar-refractivity contribution in [1.82, 2.24) is 15.3 Å². The highest BCUT2D eigenvalue weighted by Gasteiger charge is 2.06. The number of halogens is 2. The van der Waals surface area contributed by atoms with E-state index in [0.29, 0.717) is 28.9 Å². The molecule has 5 nitrogen and oxygen atoms in total. The van der Waals surface area contributed by atoms with Gasteiger partial charge in [-0.15, -0.1) is 0 Å². The first kappa shape index (κ1) is 16.9. The summed E-state index contributed by atoms with van der Waals surface area (Å²) in [6, 6.07) is 12.3. The van der Waals surface area contributed by atoms with Crippen LogP contribution in [-0.4, -0.2) is 15.9 Å². The number of aromatic nitrogens is 2. The molecule has 0 bridgehead atoms. The standard InChI is InChI=1S/C18H13ClFN3O2/c19-16-7-2-13(11-21-16)18(24)23-10-12-1-8-17(22-9-12)25-15-5-3-14(20)4-6-15/h1-9,11H,10H2,(H,23,24). The number of amides is 1. The minimum Gasteiger partial charge on any atom is -0.439 e. The Kier molecular flexibility index (Phi) is 5.20. The van der Waals surface area contributed by atoms with Crippen LogP contribution >= 0.6 is 11.6 Å². The molecule has 0 saturated carbocycles. The number of pyridine rings is 2. The number of rotatable bonds is 5. The molecule has 0 aliphatic carbocycles. The van der Waals surface area contributed by atoms with Crippen molar-refractivity contribution in [3.05, 3.63) is 83.0 Å². The summed E-state index contributed by atoms with van der Waals surface area (Å²) in [5.74, 6) is 0.284. The molecule has 0 radical (unpaired) electrons. The van der Waals surface area contributed by atoms with Crippen molar-refractivity contribution in [2.24, 2.45) is 0 Å². The van der Waals surface area contributed by atoms with E-state index in [1.54, 1.807) is 30.5 Å². The smallest absolute Gasteiger partial charge is 0.253 e. The van der Waals surface area contributed by atoms with Crippen molar-refractivity contribution in [3.63, 3.8) is 0 Å². The van der Waals surface area contributed by atoms with Gasteiger partial charge in [0.2, 0.25) is 5.88 Å². The molecule has 0 aliphatic heterocycles. The molecule has 0 spiro atoms. The maximum atomic E-state index is 12.9. The third kappa shape index (κ3) is 4.74. The Hall–Kier alpha value is -2.99. The summed E-state index contributed by atoms with van der Waals surface area (Å²) in [7, 11) is 0. The van der Waals surface area contributed by atoms with Crippen LogP contribution in [0.1, 0.15) is 15.9 Å². The summed E-state index contributed by atoms with van der Waals surface area (Å²) in [5, 5.41) is 3.10. The molecular formula is C18H13ClFN3O2. The topological polar surface area (TPSA) is 64.1 Å². The molecule has 0 aliphatic rings. The van der Waals surface area contributed by atoms with Crippen LogP contribution in [0.15, 0.2) is 60.9 Å². The maximum absolute atomic E-state index is 12.9. The Morgan fingerprint density at radius 2 is 1.84 bits per heavy atom. The first-order chi connectivity index (χ1) is 12.1. The van der Waals surface area contributed by atoms with Gasteiger partial charge in [0.05, 0.1) is 5.56 Å². The lowest BCUT2D eigenvalue weighted by molar-refractivity contribution is 0.0950. The Balaban J connectivity index is 1.56. The van der Waals surface area contributed by atoms with Crippen LogP contribution in [0.4, 0.5) is 4.39 Å². The molecule has 1 aromatic carbocycles. The molecule has 3 rings (SSSR count). The van der Waals surface area contributed by atoms with Crippen molar-refractivity contribution < 1.29 is 13.9 Å². The molecule has 25 heavy (non-hydrogen) atoms. The number of carbonyl (C=O) groups excluding carboxylic acids is 1. The lowest BCUT2D eigenvalue weighted by atomic mass is 10.2. The number of benzene rings is 1. The van der Waals surface area contributed by atoms with Gasteiger partial charge in [-0.25, -0.2) is 14.4 Å². The van der Waals surface area contributed by atoms with E-state index in [1.807, 2.05) is 0 Å². The fraction of sp³-hybridized carbons (Fsp3) is 0.0556. The summed E-state index contributed by atoms with van der Waals surface area (Å²) < 4.78 is 18.4. The second-order valence-electron chi connectivity index (χ2n) is 5.11. The number of carbonyl (C=O) groups is 1. The third-order valence-corrected chi connectivity index (χ3v) is 3.50. The van der Waals surface area contributed by atoms with Gasteiger partial charge < -0.3 is 10.1 Å². The van der Waals surface area contributed by atoms with Gasteiger partial charge in [0.15, 0.2) is 0 Å². The summed E-state index contributed by atoms with van der Waals surface area (Å²) in [6.45, 7) is 0.311. The van der Waals surface area contributed by atoms with E-state index in [2.05, 4.69) is 15.3 Å². The minimum atomic E-state index is -0.331. The number of hydrogen-bond acceptors (Lipinski definition) is 4. The van der Waals surface area contributed by atoms with Crippen LogP contribution in [0.3, 0.4) is 0 Å². The van der Waals surface area contributed by atoms with Gasteiger partial charge in [-0.3, -0.25) is 4.79 Å².